The molecule has 0 aliphatic carbocycles. The molecule has 1 heterocycles. The summed E-state index contributed by atoms with van der Waals surface area (Å²) in [4.78, 5) is 0.260. The lowest BCUT2D eigenvalue weighted by Crippen LogP contribution is -2.42. The lowest BCUT2D eigenvalue weighted by atomic mass is 9.72. The van der Waals surface area contributed by atoms with Gasteiger partial charge in [-0.1, -0.05) is 78.4 Å². The molecule has 30 heavy (non-hydrogen) atoms. The molecule has 2 atom stereocenters. The van der Waals surface area contributed by atoms with E-state index >= 15 is 0 Å². The summed E-state index contributed by atoms with van der Waals surface area (Å²) in [6.45, 7) is 3.89. The molecule has 4 rings (SSSR count). The second-order valence-corrected chi connectivity index (χ2v) is 10.1. The molecule has 0 aromatic heterocycles. The Morgan fingerprint density at radius 3 is 1.87 bits per heavy atom. The molecule has 156 valence electrons. The van der Waals surface area contributed by atoms with Gasteiger partial charge in [-0.3, -0.25) is 0 Å². The number of rotatable bonds is 5. The molecular formula is C25H27NO3S. The lowest BCUT2D eigenvalue weighted by molar-refractivity contribution is 0.123. The van der Waals surface area contributed by atoms with Crippen molar-refractivity contribution < 1.29 is 13.5 Å². The first-order valence-corrected chi connectivity index (χ1v) is 11.7. The normalized spacial score (nSPS) is 20.2. The fraction of sp³-hybridized carbons (Fsp3) is 0.280. The van der Waals surface area contributed by atoms with Gasteiger partial charge in [0.1, 0.15) is 0 Å². The summed E-state index contributed by atoms with van der Waals surface area (Å²) in [5, 5.41) is 10.6. The Balaban J connectivity index is 1.86. The second kappa shape index (κ2) is 7.99. The highest BCUT2D eigenvalue weighted by molar-refractivity contribution is 7.89. The number of sulfonamides is 1. The number of hydrogen-bond acceptors (Lipinski definition) is 3. The molecule has 0 unspecified atom stereocenters. The summed E-state index contributed by atoms with van der Waals surface area (Å²) >= 11 is 0. The third-order valence-electron chi connectivity index (χ3n) is 6.19. The summed E-state index contributed by atoms with van der Waals surface area (Å²) in [5.41, 5.74) is 2.60. The zero-order chi connectivity index (χ0) is 21.4. The quantitative estimate of drug-likeness (QED) is 0.674. The molecule has 1 aliphatic heterocycles. The first kappa shape index (κ1) is 20.8. The van der Waals surface area contributed by atoms with Crippen LogP contribution < -0.4 is 0 Å². The number of hydrogen-bond donors (Lipinski definition) is 1. The van der Waals surface area contributed by atoms with Gasteiger partial charge in [-0.05, 0) is 43.5 Å². The van der Waals surface area contributed by atoms with E-state index in [1.165, 1.54) is 4.31 Å². The van der Waals surface area contributed by atoms with Crippen LogP contribution in [0.3, 0.4) is 0 Å². The third kappa shape index (κ3) is 3.58. The Morgan fingerprint density at radius 2 is 1.40 bits per heavy atom. The van der Waals surface area contributed by atoms with Crippen LogP contribution in [0.25, 0.3) is 0 Å². The van der Waals surface area contributed by atoms with Gasteiger partial charge in [-0.2, -0.15) is 4.31 Å². The van der Waals surface area contributed by atoms with Crippen LogP contribution in [0.5, 0.6) is 0 Å². The van der Waals surface area contributed by atoms with Crippen LogP contribution in [0, 0.1) is 6.92 Å². The fourth-order valence-corrected chi connectivity index (χ4v) is 6.27. The Kier molecular flexibility index (Phi) is 5.53. The van der Waals surface area contributed by atoms with E-state index in [-0.39, 0.29) is 11.4 Å². The fourth-order valence-electron chi connectivity index (χ4n) is 4.53. The van der Waals surface area contributed by atoms with Crippen LogP contribution in [-0.4, -0.2) is 36.5 Å². The van der Waals surface area contributed by atoms with E-state index in [2.05, 4.69) is 0 Å². The van der Waals surface area contributed by atoms with Crippen molar-refractivity contribution in [1.29, 1.82) is 0 Å². The van der Waals surface area contributed by atoms with Crippen molar-refractivity contribution in [2.24, 2.45) is 0 Å². The summed E-state index contributed by atoms with van der Waals surface area (Å²) in [6.07, 6.45) is -0.274. The molecule has 0 bridgehead atoms. The van der Waals surface area contributed by atoms with E-state index in [0.29, 0.717) is 6.42 Å². The molecule has 0 spiro atoms. The van der Waals surface area contributed by atoms with Crippen LogP contribution in [0.4, 0.5) is 0 Å². The van der Waals surface area contributed by atoms with E-state index in [9.17, 15) is 13.5 Å². The third-order valence-corrected chi connectivity index (χ3v) is 8.08. The minimum absolute atomic E-state index is 0.260. The monoisotopic (exact) mass is 421 g/mol. The number of aliphatic hydroxyl groups is 1. The Bertz CT molecular complexity index is 1050. The highest BCUT2D eigenvalue weighted by Gasteiger charge is 2.51. The Labute approximate surface area is 178 Å². The Hall–Kier alpha value is -2.47. The van der Waals surface area contributed by atoms with Crippen LogP contribution in [-0.2, 0) is 15.4 Å². The largest absolute Gasteiger partial charge is 0.392 e. The molecule has 4 nitrogen and oxygen atoms in total. The first-order chi connectivity index (χ1) is 14.3. The lowest BCUT2D eigenvalue weighted by Gasteiger charge is -2.30. The molecule has 3 aromatic carbocycles. The molecule has 1 fully saturated rings. The standard InChI is InChI=1S/C25H27NO3S/c1-19-13-15-23(16-14-19)30(28,29)26-18-25(17-24(26)20(2)27,21-9-5-3-6-10-21)22-11-7-4-8-12-22/h3-16,20,24,27H,17-18H2,1-2H3/t20-,24+/m0/s1. The molecular weight excluding hydrogens is 394 g/mol. The summed E-state index contributed by atoms with van der Waals surface area (Å²) < 4.78 is 28.8. The average molecular weight is 422 g/mol. The van der Waals surface area contributed by atoms with Gasteiger partial charge in [-0.25, -0.2) is 8.42 Å². The van der Waals surface area contributed by atoms with Gasteiger partial charge >= 0.3 is 0 Å². The summed E-state index contributed by atoms with van der Waals surface area (Å²) in [7, 11) is -3.76. The van der Waals surface area contributed by atoms with Gasteiger partial charge in [0, 0.05) is 12.0 Å². The van der Waals surface area contributed by atoms with Gasteiger partial charge in [0.15, 0.2) is 0 Å². The summed E-state index contributed by atoms with van der Waals surface area (Å²) in [5.74, 6) is 0. The highest BCUT2D eigenvalue weighted by atomic mass is 32.2. The van der Waals surface area contributed by atoms with Crippen molar-refractivity contribution in [3.05, 3.63) is 102 Å². The topological polar surface area (TPSA) is 57.6 Å². The summed E-state index contributed by atoms with van der Waals surface area (Å²) in [6, 6.07) is 26.4. The van der Waals surface area contributed by atoms with Gasteiger partial charge < -0.3 is 5.11 Å². The number of benzene rings is 3. The molecule has 3 aromatic rings. The van der Waals surface area contributed by atoms with Gasteiger partial charge in [-0.15, -0.1) is 0 Å². The molecule has 0 saturated carbocycles. The maximum Gasteiger partial charge on any atom is 0.243 e. The molecule has 1 saturated heterocycles. The SMILES string of the molecule is Cc1ccc(S(=O)(=O)N2CC(c3ccccc3)(c3ccccc3)C[C@@H]2[C@H](C)O)cc1. The maximum atomic E-state index is 13.6. The van der Waals surface area contributed by atoms with Crippen molar-refractivity contribution >= 4 is 10.0 Å². The average Bonchev–Trinajstić information content (AvgIpc) is 3.19. The van der Waals surface area contributed by atoms with Crippen molar-refractivity contribution in [3.8, 4) is 0 Å². The molecule has 5 heteroatoms. The smallest absolute Gasteiger partial charge is 0.243 e. The van der Waals surface area contributed by atoms with Crippen molar-refractivity contribution in [2.45, 2.75) is 42.7 Å². The number of aryl methyl sites for hydroxylation is 1. The first-order valence-electron chi connectivity index (χ1n) is 10.2. The second-order valence-electron chi connectivity index (χ2n) is 8.19. The molecule has 1 N–H and O–H groups in total. The highest BCUT2D eigenvalue weighted by Crippen LogP contribution is 2.46. The van der Waals surface area contributed by atoms with Gasteiger partial charge in [0.2, 0.25) is 10.0 Å². The van der Waals surface area contributed by atoms with Crippen molar-refractivity contribution in [1.82, 2.24) is 4.31 Å². The van der Waals surface area contributed by atoms with Crippen LogP contribution in [0.15, 0.2) is 89.8 Å². The van der Waals surface area contributed by atoms with Crippen LogP contribution in [0.1, 0.15) is 30.0 Å². The zero-order valence-corrected chi connectivity index (χ0v) is 18.1. The predicted molar refractivity (Wildman–Crippen MR) is 119 cm³/mol. The number of aliphatic hydroxyl groups excluding tert-OH is 1. The van der Waals surface area contributed by atoms with Crippen molar-refractivity contribution in [2.75, 3.05) is 6.54 Å². The van der Waals surface area contributed by atoms with E-state index in [1.807, 2.05) is 79.7 Å². The molecule has 1 aliphatic rings. The zero-order valence-electron chi connectivity index (χ0n) is 17.3. The van der Waals surface area contributed by atoms with Crippen LogP contribution >= 0.6 is 0 Å². The van der Waals surface area contributed by atoms with E-state index in [4.69, 9.17) is 0 Å². The maximum absolute atomic E-state index is 13.6. The van der Waals surface area contributed by atoms with Gasteiger partial charge in [0.05, 0.1) is 17.0 Å². The Morgan fingerprint density at radius 1 is 0.900 bits per heavy atom. The predicted octanol–water partition coefficient (Wildman–Crippen LogP) is 4.13. The number of nitrogens with zero attached hydrogens (tertiary/aromatic N) is 1. The minimum Gasteiger partial charge on any atom is -0.392 e. The molecule has 0 radical (unpaired) electrons. The minimum atomic E-state index is -3.76. The van der Waals surface area contributed by atoms with E-state index in [1.54, 1.807) is 19.1 Å². The van der Waals surface area contributed by atoms with Crippen LogP contribution in [0.2, 0.25) is 0 Å². The molecule has 0 amide bonds. The van der Waals surface area contributed by atoms with Gasteiger partial charge in [0.25, 0.3) is 0 Å². The van der Waals surface area contributed by atoms with E-state index in [0.717, 1.165) is 16.7 Å². The van der Waals surface area contributed by atoms with E-state index < -0.39 is 27.6 Å². The van der Waals surface area contributed by atoms with Crippen molar-refractivity contribution in [3.63, 3.8) is 0 Å².